The largest absolute Gasteiger partial charge is 0.375 e. The molecule has 0 saturated heterocycles. The van der Waals surface area contributed by atoms with Crippen LogP contribution in [0.2, 0.25) is 0 Å². The fraction of sp³-hybridized carbons (Fsp3) is 0.333. The van der Waals surface area contributed by atoms with Crippen LogP contribution in [0.15, 0.2) is 18.2 Å². The van der Waals surface area contributed by atoms with E-state index in [1.165, 1.54) is 25.3 Å². The highest BCUT2D eigenvalue weighted by Crippen LogP contribution is 2.21. The summed E-state index contributed by atoms with van der Waals surface area (Å²) in [4.78, 5) is 0. The third-order valence-corrected chi connectivity index (χ3v) is 1.82. The van der Waals surface area contributed by atoms with Crippen molar-refractivity contribution in [2.45, 2.75) is 6.10 Å². The first kappa shape index (κ1) is 10.1. The van der Waals surface area contributed by atoms with Crippen molar-refractivity contribution in [2.75, 3.05) is 13.7 Å². The maximum atomic E-state index is 13.1. The molecule has 0 aliphatic rings. The van der Waals surface area contributed by atoms with Crippen molar-refractivity contribution >= 4 is 0 Å². The summed E-state index contributed by atoms with van der Waals surface area (Å²) in [6.45, 7) is 0.0500. The van der Waals surface area contributed by atoms with Crippen LogP contribution < -0.4 is 5.73 Å². The van der Waals surface area contributed by atoms with Crippen LogP contribution in [-0.4, -0.2) is 13.7 Å². The van der Waals surface area contributed by atoms with Crippen LogP contribution >= 0.6 is 0 Å². The van der Waals surface area contributed by atoms with Crippen LogP contribution in [0.1, 0.15) is 11.7 Å². The van der Waals surface area contributed by atoms with Crippen molar-refractivity contribution in [3.05, 3.63) is 35.4 Å². The molecule has 13 heavy (non-hydrogen) atoms. The SMILES string of the molecule is CO[C@@H](CN)c1c(F)cccc1F. The molecule has 1 aromatic rings. The quantitative estimate of drug-likeness (QED) is 0.780. The van der Waals surface area contributed by atoms with E-state index in [0.29, 0.717) is 0 Å². The molecule has 2 N–H and O–H groups in total. The molecule has 72 valence electrons. The van der Waals surface area contributed by atoms with E-state index in [2.05, 4.69) is 0 Å². The van der Waals surface area contributed by atoms with E-state index < -0.39 is 17.7 Å². The number of rotatable bonds is 3. The molecule has 0 spiro atoms. The third kappa shape index (κ3) is 2.02. The van der Waals surface area contributed by atoms with Gasteiger partial charge in [0.15, 0.2) is 0 Å². The lowest BCUT2D eigenvalue weighted by Crippen LogP contribution is -2.17. The number of halogens is 2. The summed E-state index contributed by atoms with van der Waals surface area (Å²) in [6, 6.07) is 3.66. The lowest BCUT2D eigenvalue weighted by molar-refractivity contribution is 0.104. The Morgan fingerprint density at radius 2 is 1.92 bits per heavy atom. The zero-order valence-electron chi connectivity index (χ0n) is 7.26. The third-order valence-electron chi connectivity index (χ3n) is 1.82. The van der Waals surface area contributed by atoms with Gasteiger partial charge in [0.05, 0.1) is 11.7 Å². The summed E-state index contributed by atoms with van der Waals surface area (Å²) in [6.07, 6.45) is -0.721. The van der Waals surface area contributed by atoms with E-state index in [0.717, 1.165) is 0 Å². The topological polar surface area (TPSA) is 35.2 Å². The molecule has 0 unspecified atom stereocenters. The first-order valence-corrected chi connectivity index (χ1v) is 3.87. The first-order chi connectivity index (χ1) is 6.20. The molecule has 0 aromatic heterocycles. The number of nitrogens with two attached hydrogens (primary N) is 1. The van der Waals surface area contributed by atoms with Gasteiger partial charge in [-0.3, -0.25) is 0 Å². The number of methoxy groups -OCH3 is 1. The molecule has 1 rings (SSSR count). The number of hydrogen-bond acceptors (Lipinski definition) is 2. The number of hydrogen-bond donors (Lipinski definition) is 1. The maximum Gasteiger partial charge on any atom is 0.132 e. The van der Waals surface area contributed by atoms with Crippen LogP contribution in [0.5, 0.6) is 0 Å². The van der Waals surface area contributed by atoms with Crippen molar-refractivity contribution in [3.8, 4) is 0 Å². The van der Waals surface area contributed by atoms with Gasteiger partial charge in [-0.05, 0) is 12.1 Å². The molecule has 1 atom stereocenters. The van der Waals surface area contributed by atoms with Gasteiger partial charge in [-0.15, -0.1) is 0 Å². The highest BCUT2D eigenvalue weighted by atomic mass is 19.1. The molecule has 0 aliphatic carbocycles. The Hall–Kier alpha value is -1.00. The monoisotopic (exact) mass is 187 g/mol. The summed E-state index contributed by atoms with van der Waals surface area (Å²) >= 11 is 0. The van der Waals surface area contributed by atoms with Gasteiger partial charge in [0.25, 0.3) is 0 Å². The molecule has 4 heteroatoms. The van der Waals surface area contributed by atoms with Crippen molar-refractivity contribution in [3.63, 3.8) is 0 Å². The average Bonchev–Trinajstić information content (AvgIpc) is 2.11. The fourth-order valence-electron chi connectivity index (χ4n) is 1.15. The molecular weight excluding hydrogens is 176 g/mol. The molecular formula is C9H11F2NO. The van der Waals surface area contributed by atoms with Crippen LogP contribution in [0.4, 0.5) is 8.78 Å². The van der Waals surface area contributed by atoms with E-state index in [9.17, 15) is 8.78 Å². The summed E-state index contributed by atoms with van der Waals surface area (Å²) in [5.74, 6) is -1.25. The van der Waals surface area contributed by atoms with Gasteiger partial charge in [0.1, 0.15) is 11.6 Å². The molecule has 2 nitrogen and oxygen atoms in total. The summed E-state index contributed by atoms with van der Waals surface area (Å²) in [5.41, 5.74) is 5.19. The van der Waals surface area contributed by atoms with E-state index in [4.69, 9.17) is 10.5 Å². The van der Waals surface area contributed by atoms with Crippen molar-refractivity contribution in [1.82, 2.24) is 0 Å². The molecule has 0 bridgehead atoms. The van der Waals surface area contributed by atoms with Crippen molar-refractivity contribution in [1.29, 1.82) is 0 Å². The summed E-state index contributed by atoms with van der Waals surface area (Å²) in [5, 5.41) is 0. The second-order valence-electron chi connectivity index (χ2n) is 2.60. The van der Waals surface area contributed by atoms with Gasteiger partial charge < -0.3 is 10.5 Å². The summed E-state index contributed by atoms with van der Waals surface area (Å²) < 4.78 is 31.0. The van der Waals surface area contributed by atoms with Crippen LogP contribution in [-0.2, 0) is 4.74 Å². The van der Waals surface area contributed by atoms with Gasteiger partial charge in [-0.2, -0.15) is 0 Å². The zero-order valence-corrected chi connectivity index (χ0v) is 7.26. The molecule has 0 aliphatic heterocycles. The Balaban J connectivity index is 3.10. The number of ether oxygens (including phenoxy) is 1. The highest BCUT2D eigenvalue weighted by molar-refractivity contribution is 5.22. The second kappa shape index (κ2) is 4.30. The van der Waals surface area contributed by atoms with E-state index >= 15 is 0 Å². The van der Waals surface area contributed by atoms with Gasteiger partial charge in [-0.25, -0.2) is 8.78 Å². The van der Waals surface area contributed by atoms with Crippen LogP contribution in [0.3, 0.4) is 0 Å². The van der Waals surface area contributed by atoms with Crippen molar-refractivity contribution in [2.24, 2.45) is 5.73 Å². The van der Waals surface area contributed by atoms with E-state index in [1.807, 2.05) is 0 Å². The Morgan fingerprint density at radius 3 is 2.31 bits per heavy atom. The minimum absolute atomic E-state index is 0.0500. The lowest BCUT2D eigenvalue weighted by Gasteiger charge is -2.14. The smallest absolute Gasteiger partial charge is 0.132 e. The Morgan fingerprint density at radius 1 is 1.38 bits per heavy atom. The summed E-state index contributed by atoms with van der Waals surface area (Å²) in [7, 11) is 1.36. The predicted octanol–water partition coefficient (Wildman–Crippen LogP) is 1.61. The minimum Gasteiger partial charge on any atom is -0.375 e. The van der Waals surface area contributed by atoms with Crippen LogP contribution in [0.25, 0.3) is 0 Å². The normalized spacial score (nSPS) is 12.9. The second-order valence-corrected chi connectivity index (χ2v) is 2.60. The van der Waals surface area contributed by atoms with Crippen molar-refractivity contribution < 1.29 is 13.5 Å². The predicted molar refractivity (Wildman–Crippen MR) is 45.2 cm³/mol. The molecule has 0 amide bonds. The zero-order chi connectivity index (χ0) is 9.84. The fourth-order valence-corrected chi connectivity index (χ4v) is 1.15. The first-order valence-electron chi connectivity index (χ1n) is 3.87. The average molecular weight is 187 g/mol. The minimum atomic E-state index is -0.721. The van der Waals surface area contributed by atoms with E-state index in [-0.39, 0.29) is 12.1 Å². The van der Waals surface area contributed by atoms with Gasteiger partial charge in [-0.1, -0.05) is 6.07 Å². The Labute approximate surface area is 75.3 Å². The molecule has 0 heterocycles. The standard InChI is InChI=1S/C9H11F2NO/c1-13-8(5-12)9-6(10)3-2-4-7(9)11/h2-4,8H,5,12H2,1H3/t8-/m0/s1. The maximum absolute atomic E-state index is 13.1. The number of benzene rings is 1. The Bertz CT molecular complexity index is 267. The molecule has 1 aromatic carbocycles. The van der Waals surface area contributed by atoms with Gasteiger partial charge >= 0.3 is 0 Å². The van der Waals surface area contributed by atoms with Gasteiger partial charge in [0.2, 0.25) is 0 Å². The lowest BCUT2D eigenvalue weighted by atomic mass is 10.1. The van der Waals surface area contributed by atoms with E-state index in [1.54, 1.807) is 0 Å². The molecule has 0 saturated carbocycles. The highest BCUT2D eigenvalue weighted by Gasteiger charge is 2.17. The van der Waals surface area contributed by atoms with Gasteiger partial charge in [0, 0.05) is 13.7 Å². The molecule has 0 radical (unpaired) electrons. The molecule has 0 fully saturated rings. The van der Waals surface area contributed by atoms with Crippen LogP contribution in [0, 0.1) is 11.6 Å². The Kier molecular flexibility index (Phi) is 3.33.